The van der Waals surface area contributed by atoms with Gasteiger partial charge in [0.2, 0.25) is 11.8 Å². The Labute approximate surface area is 251 Å². The van der Waals surface area contributed by atoms with E-state index in [4.69, 9.17) is 9.47 Å². The molecule has 41 heavy (non-hydrogen) atoms. The van der Waals surface area contributed by atoms with Gasteiger partial charge in [0, 0.05) is 32.5 Å². The minimum Gasteiger partial charge on any atom is -0.448 e. The number of rotatable bonds is 17. The van der Waals surface area contributed by atoms with Crippen LogP contribution < -0.4 is 5.32 Å². The van der Waals surface area contributed by atoms with E-state index in [1.807, 2.05) is 27.7 Å². The fourth-order valence-corrected chi connectivity index (χ4v) is 6.22. The van der Waals surface area contributed by atoms with Crippen LogP contribution in [0.2, 0.25) is 0 Å². The third-order valence-corrected chi connectivity index (χ3v) is 9.60. The molecule has 5 atom stereocenters. The smallest absolute Gasteiger partial charge is 0.410 e. The van der Waals surface area contributed by atoms with Crippen molar-refractivity contribution in [2.45, 2.75) is 82.8 Å². The molecule has 1 aromatic rings. The molecule has 0 bridgehead atoms. The van der Waals surface area contributed by atoms with E-state index in [-0.39, 0.29) is 54.0 Å². The summed E-state index contributed by atoms with van der Waals surface area (Å²) in [5, 5.41) is 13.9. The Hall–Kier alpha value is -2.58. The molecule has 0 radical (unpaired) electrons. The second-order valence-electron chi connectivity index (χ2n) is 10.3. The summed E-state index contributed by atoms with van der Waals surface area (Å²) in [6.45, 7) is 11.5. The van der Waals surface area contributed by atoms with Crippen molar-refractivity contribution in [1.82, 2.24) is 20.1 Å². The minimum atomic E-state index is -0.838. The standard InChI is InChI=1S/C27H45N5O7S2/c1-10-18(5)25(21(11-2)38-9)30(7)23(33)15-29-26(34)24(17(3)4)31(8)27(35)39-16-19(6)40-41-22-13-12-20(14-28-22)32(36)37/h12-14,17-19,21,24-25H,10-11,15-16H2,1-9H3,(H,29,34). The van der Waals surface area contributed by atoms with Gasteiger partial charge in [-0.3, -0.25) is 24.6 Å². The van der Waals surface area contributed by atoms with Crippen molar-refractivity contribution >= 4 is 45.2 Å². The van der Waals surface area contributed by atoms with Crippen LogP contribution in [0.5, 0.6) is 0 Å². The number of carbonyl (C=O) groups excluding carboxylic acids is 3. The van der Waals surface area contributed by atoms with Gasteiger partial charge in [-0.05, 0) is 42.0 Å². The lowest BCUT2D eigenvalue weighted by molar-refractivity contribution is -0.385. The maximum Gasteiger partial charge on any atom is 0.410 e. The Bertz CT molecular complexity index is 995. The van der Waals surface area contributed by atoms with E-state index >= 15 is 0 Å². The number of likely N-dealkylation sites (N-methyl/N-ethyl adjacent to an activating group) is 2. The zero-order valence-electron chi connectivity index (χ0n) is 25.5. The zero-order valence-corrected chi connectivity index (χ0v) is 27.1. The van der Waals surface area contributed by atoms with E-state index in [0.717, 1.165) is 12.8 Å². The van der Waals surface area contributed by atoms with Crippen molar-refractivity contribution in [3.8, 4) is 0 Å². The Balaban J connectivity index is 2.69. The average molecular weight is 616 g/mol. The summed E-state index contributed by atoms with van der Waals surface area (Å²) in [4.78, 5) is 56.1. The van der Waals surface area contributed by atoms with Crippen LogP contribution in [0.15, 0.2) is 23.4 Å². The molecule has 1 aromatic heterocycles. The second kappa shape index (κ2) is 18.1. The molecule has 0 fully saturated rings. The van der Waals surface area contributed by atoms with Crippen LogP contribution in [0, 0.1) is 22.0 Å². The number of nitrogens with zero attached hydrogens (tertiary/aromatic N) is 4. The maximum atomic E-state index is 13.1. The SMILES string of the molecule is CCC(C)C(C(CC)OC)N(C)C(=O)CNC(=O)C(C(C)C)N(C)C(=O)OCC(C)SSc1ccc([N+](=O)[O-])cn1. The Morgan fingerprint density at radius 1 is 1.10 bits per heavy atom. The molecule has 0 aliphatic carbocycles. The summed E-state index contributed by atoms with van der Waals surface area (Å²) in [7, 11) is 7.58. The quantitative estimate of drug-likeness (QED) is 0.150. The molecule has 1 rings (SSSR count). The molecule has 12 nitrogen and oxygen atoms in total. The molecule has 1 heterocycles. The number of ether oxygens (including phenoxy) is 2. The van der Waals surface area contributed by atoms with Gasteiger partial charge in [0.1, 0.15) is 23.9 Å². The summed E-state index contributed by atoms with van der Waals surface area (Å²) >= 11 is 0. The van der Waals surface area contributed by atoms with Crippen LogP contribution in [0.4, 0.5) is 10.5 Å². The van der Waals surface area contributed by atoms with Gasteiger partial charge in [-0.2, -0.15) is 0 Å². The Kier molecular flexibility index (Phi) is 16.1. The molecule has 5 unspecified atom stereocenters. The van der Waals surface area contributed by atoms with Gasteiger partial charge in [0.15, 0.2) is 0 Å². The highest BCUT2D eigenvalue weighted by Gasteiger charge is 2.34. The van der Waals surface area contributed by atoms with Gasteiger partial charge >= 0.3 is 6.09 Å². The van der Waals surface area contributed by atoms with Gasteiger partial charge in [0.05, 0.1) is 23.6 Å². The van der Waals surface area contributed by atoms with Crippen LogP contribution in [0.25, 0.3) is 0 Å². The molecule has 232 valence electrons. The van der Waals surface area contributed by atoms with Crippen LogP contribution in [-0.2, 0) is 19.1 Å². The normalized spacial score (nSPS) is 14.9. The zero-order chi connectivity index (χ0) is 31.3. The molecular formula is C27H45N5O7S2. The fourth-order valence-electron chi connectivity index (χ4n) is 4.36. The molecule has 0 aliphatic rings. The molecule has 0 aliphatic heterocycles. The first-order chi connectivity index (χ1) is 19.3. The van der Waals surface area contributed by atoms with Crippen molar-refractivity contribution in [2.24, 2.45) is 11.8 Å². The number of nitrogens with one attached hydrogen (secondary N) is 1. The molecule has 0 saturated heterocycles. The molecular weight excluding hydrogens is 570 g/mol. The Morgan fingerprint density at radius 2 is 1.76 bits per heavy atom. The van der Waals surface area contributed by atoms with E-state index in [9.17, 15) is 24.5 Å². The third-order valence-electron chi connectivity index (χ3n) is 6.84. The summed E-state index contributed by atoms with van der Waals surface area (Å²) in [5.74, 6) is -0.708. The number of nitro groups is 1. The average Bonchev–Trinajstić information content (AvgIpc) is 2.95. The van der Waals surface area contributed by atoms with Gasteiger partial charge in [0.25, 0.3) is 5.69 Å². The summed E-state index contributed by atoms with van der Waals surface area (Å²) in [6.07, 6.45) is 2.04. The third kappa shape index (κ3) is 11.3. The summed E-state index contributed by atoms with van der Waals surface area (Å²) in [6, 6.07) is 1.97. The number of pyridine rings is 1. The monoisotopic (exact) mass is 615 g/mol. The maximum absolute atomic E-state index is 13.1. The van der Waals surface area contributed by atoms with Crippen LogP contribution in [0.3, 0.4) is 0 Å². The highest BCUT2D eigenvalue weighted by Crippen LogP contribution is 2.33. The van der Waals surface area contributed by atoms with E-state index in [1.54, 1.807) is 25.1 Å². The van der Waals surface area contributed by atoms with Gasteiger partial charge in [-0.15, -0.1) is 0 Å². The predicted molar refractivity (Wildman–Crippen MR) is 162 cm³/mol. The number of carbonyl (C=O) groups is 3. The van der Waals surface area contributed by atoms with Crippen LogP contribution in [0.1, 0.15) is 54.4 Å². The molecule has 0 spiro atoms. The first kappa shape index (κ1) is 36.4. The molecule has 1 N–H and O–H groups in total. The van der Waals surface area contributed by atoms with Gasteiger partial charge in [-0.25, -0.2) is 9.78 Å². The highest BCUT2D eigenvalue weighted by molar-refractivity contribution is 8.76. The number of amides is 3. The van der Waals surface area contributed by atoms with E-state index in [0.29, 0.717) is 5.03 Å². The highest BCUT2D eigenvalue weighted by atomic mass is 33.1. The van der Waals surface area contributed by atoms with Crippen LogP contribution >= 0.6 is 21.6 Å². The summed E-state index contributed by atoms with van der Waals surface area (Å²) in [5.41, 5.74) is -0.0870. The molecule has 14 heteroatoms. The van der Waals surface area contributed by atoms with Gasteiger partial charge in [-0.1, -0.05) is 51.8 Å². The fraction of sp³-hybridized carbons (Fsp3) is 0.704. The lowest BCUT2D eigenvalue weighted by Crippen LogP contribution is -2.54. The van der Waals surface area contributed by atoms with Crippen LogP contribution in [-0.4, -0.2) is 95.4 Å². The lowest BCUT2D eigenvalue weighted by atomic mass is 9.91. The van der Waals surface area contributed by atoms with E-state index < -0.39 is 23.0 Å². The number of hydrogen-bond acceptors (Lipinski definition) is 10. The second-order valence-corrected chi connectivity index (χ2v) is 12.9. The van der Waals surface area contributed by atoms with Crippen molar-refractivity contribution in [3.05, 3.63) is 28.4 Å². The van der Waals surface area contributed by atoms with Crippen molar-refractivity contribution in [2.75, 3.05) is 34.4 Å². The van der Waals surface area contributed by atoms with E-state index in [1.165, 1.54) is 45.8 Å². The molecule has 0 saturated carbocycles. The number of methoxy groups -OCH3 is 1. The Morgan fingerprint density at radius 3 is 2.24 bits per heavy atom. The van der Waals surface area contributed by atoms with Gasteiger partial charge < -0.3 is 19.7 Å². The van der Waals surface area contributed by atoms with E-state index in [2.05, 4.69) is 24.1 Å². The largest absolute Gasteiger partial charge is 0.448 e. The van der Waals surface area contributed by atoms with Crippen molar-refractivity contribution in [3.63, 3.8) is 0 Å². The number of hydrogen-bond donors (Lipinski definition) is 1. The lowest BCUT2D eigenvalue weighted by Gasteiger charge is -2.37. The predicted octanol–water partition coefficient (Wildman–Crippen LogP) is 4.63. The summed E-state index contributed by atoms with van der Waals surface area (Å²) < 4.78 is 11.1. The first-order valence-electron chi connectivity index (χ1n) is 13.7. The molecule has 0 aromatic carbocycles. The molecule has 3 amide bonds. The first-order valence-corrected chi connectivity index (χ1v) is 15.9. The van der Waals surface area contributed by atoms with Crippen molar-refractivity contribution < 1.29 is 28.8 Å². The minimum absolute atomic E-state index is 0.0820. The van der Waals surface area contributed by atoms with Crippen molar-refractivity contribution in [1.29, 1.82) is 0 Å². The number of aromatic nitrogens is 1. The topological polar surface area (TPSA) is 144 Å².